The number of rotatable bonds is 6. The van der Waals surface area contributed by atoms with Crippen molar-refractivity contribution in [2.75, 3.05) is 6.54 Å². The Hall–Kier alpha value is -1.81. The van der Waals surface area contributed by atoms with Gasteiger partial charge in [-0.1, -0.05) is 19.9 Å². The van der Waals surface area contributed by atoms with Crippen molar-refractivity contribution < 1.29 is 4.39 Å². The van der Waals surface area contributed by atoms with E-state index in [1.807, 2.05) is 19.2 Å². The van der Waals surface area contributed by atoms with Crippen molar-refractivity contribution in [3.8, 4) is 0 Å². The van der Waals surface area contributed by atoms with E-state index >= 15 is 0 Å². The predicted octanol–water partition coefficient (Wildman–Crippen LogP) is 3.07. The molecule has 0 aliphatic rings. The SMILES string of the molecule is CCNC(Cc1ccc(CC)cn1)c1cncc(F)c1. The fraction of sp³-hybridized carbons (Fsp3) is 0.375. The predicted molar refractivity (Wildman–Crippen MR) is 77.9 cm³/mol. The van der Waals surface area contributed by atoms with Gasteiger partial charge in [0.1, 0.15) is 5.82 Å². The van der Waals surface area contributed by atoms with E-state index in [1.165, 1.54) is 17.8 Å². The van der Waals surface area contributed by atoms with Gasteiger partial charge in [0.25, 0.3) is 0 Å². The maximum atomic E-state index is 13.3. The van der Waals surface area contributed by atoms with E-state index < -0.39 is 0 Å². The third-order valence-electron chi connectivity index (χ3n) is 3.29. The number of hydrogen-bond donors (Lipinski definition) is 1. The Kier molecular flexibility index (Phi) is 5.18. The van der Waals surface area contributed by atoms with Crippen LogP contribution in [0.25, 0.3) is 0 Å². The zero-order valence-electron chi connectivity index (χ0n) is 11.9. The first kappa shape index (κ1) is 14.6. The Morgan fingerprint density at radius 1 is 1.20 bits per heavy atom. The fourth-order valence-corrected chi connectivity index (χ4v) is 2.17. The van der Waals surface area contributed by atoms with Crippen molar-refractivity contribution in [1.82, 2.24) is 15.3 Å². The van der Waals surface area contributed by atoms with Gasteiger partial charge < -0.3 is 5.32 Å². The van der Waals surface area contributed by atoms with E-state index in [0.717, 1.165) is 30.6 Å². The molecule has 0 aliphatic carbocycles. The summed E-state index contributed by atoms with van der Waals surface area (Å²) in [5.74, 6) is -0.306. The van der Waals surface area contributed by atoms with E-state index in [0.29, 0.717) is 0 Å². The summed E-state index contributed by atoms with van der Waals surface area (Å²) in [5, 5.41) is 3.36. The summed E-state index contributed by atoms with van der Waals surface area (Å²) < 4.78 is 13.3. The Balaban J connectivity index is 2.16. The van der Waals surface area contributed by atoms with Crippen LogP contribution in [0.4, 0.5) is 4.39 Å². The molecule has 20 heavy (non-hydrogen) atoms. The number of pyridine rings is 2. The molecule has 0 amide bonds. The molecule has 0 aliphatic heterocycles. The summed E-state index contributed by atoms with van der Waals surface area (Å²) in [6, 6.07) is 5.69. The highest BCUT2D eigenvalue weighted by atomic mass is 19.1. The number of hydrogen-bond acceptors (Lipinski definition) is 3. The van der Waals surface area contributed by atoms with Crippen molar-refractivity contribution in [2.45, 2.75) is 32.7 Å². The van der Waals surface area contributed by atoms with E-state index in [-0.39, 0.29) is 11.9 Å². The summed E-state index contributed by atoms with van der Waals surface area (Å²) in [6.07, 6.45) is 6.54. The van der Waals surface area contributed by atoms with Crippen LogP contribution in [0.2, 0.25) is 0 Å². The maximum absolute atomic E-state index is 13.3. The first-order valence-electron chi connectivity index (χ1n) is 7.00. The Bertz CT molecular complexity index is 540. The first-order chi connectivity index (χ1) is 9.72. The molecule has 2 heterocycles. The van der Waals surface area contributed by atoms with Crippen molar-refractivity contribution in [1.29, 1.82) is 0 Å². The molecule has 2 aromatic rings. The van der Waals surface area contributed by atoms with Crippen molar-refractivity contribution in [2.24, 2.45) is 0 Å². The lowest BCUT2D eigenvalue weighted by atomic mass is 10.0. The van der Waals surface area contributed by atoms with Crippen molar-refractivity contribution >= 4 is 0 Å². The molecule has 0 radical (unpaired) electrons. The van der Waals surface area contributed by atoms with Crippen LogP contribution in [-0.4, -0.2) is 16.5 Å². The molecule has 0 saturated carbocycles. The second-order valence-electron chi connectivity index (χ2n) is 4.76. The molecule has 2 rings (SSSR count). The average molecular weight is 273 g/mol. The third kappa shape index (κ3) is 3.84. The molecule has 0 spiro atoms. The van der Waals surface area contributed by atoms with Gasteiger partial charge >= 0.3 is 0 Å². The summed E-state index contributed by atoms with van der Waals surface area (Å²) >= 11 is 0. The molecule has 0 aromatic carbocycles. The highest BCUT2D eigenvalue weighted by Gasteiger charge is 2.13. The monoisotopic (exact) mass is 273 g/mol. The minimum Gasteiger partial charge on any atom is -0.310 e. The second-order valence-corrected chi connectivity index (χ2v) is 4.76. The number of aromatic nitrogens is 2. The van der Waals surface area contributed by atoms with E-state index in [1.54, 1.807) is 6.20 Å². The van der Waals surface area contributed by atoms with E-state index in [4.69, 9.17) is 0 Å². The molecule has 0 fully saturated rings. The summed E-state index contributed by atoms with van der Waals surface area (Å²) in [7, 11) is 0. The normalized spacial score (nSPS) is 12.3. The van der Waals surface area contributed by atoms with Crippen molar-refractivity contribution in [3.05, 3.63) is 59.4 Å². The van der Waals surface area contributed by atoms with Crippen molar-refractivity contribution in [3.63, 3.8) is 0 Å². The molecule has 1 N–H and O–H groups in total. The molecule has 0 saturated heterocycles. The lowest BCUT2D eigenvalue weighted by molar-refractivity contribution is 0.534. The van der Waals surface area contributed by atoms with Crippen LogP contribution >= 0.6 is 0 Å². The fourth-order valence-electron chi connectivity index (χ4n) is 2.17. The van der Waals surface area contributed by atoms with Gasteiger partial charge in [0.15, 0.2) is 0 Å². The van der Waals surface area contributed by atoms with E-state index in [2.05, 4.69) is 28.3 Å². The van der Waals surface area contributed by atoms with Crippen LogP contribution < -0.4 is 5.32 Å². The lowest BCUT2D eigenvalue weighted by Crippen LogP contribution is -2.23. The average Bonchev–Trinajstić information content (AvgIpc) is 2.47. The Morgan fingerprint density at radius 3 is 2.65 bits per heavy atom. The molecule has 1 unspecified atom stereocenters. The van der Waals surface area contributed by atoms with Gasteiger partial charge in [-0.15, -0.1) is 0 Å². The van der Waals surface area contributed by atoms with Crippen LogP contribution in [0, 0.1) is 5.82 Å². The van der Waals surface area contributed by atoms with Gasteiger partial charge in [0.2, 0.25) is 0 Å². The zero-order chi connectivity index (χ0) is 14.4. The minimum absolute atomic E-state index is 0.0307. The first-order valence-corrected chi connectivity index (χ1v) is 7.00. The standard InChI is InChI=1S/C16H20FN3/c1-3-12-5-6-15(20-9-12)8-16(19-4-2)13-7-14(17)11-18-10-13/h5-7,9-11,16,19H,3-4,8H2,1-2H3. The summed E-state index contributed by atoms with van der Waals surface area (Å²) in [4.78, 5) is 8.39. The van der Waals surface area contributed by atoms with Gasteiger partial charge in [0.05, 0.1) is 6.20 Å². The van der Waals surface area contributed by atoms with Crippen LogP contribution in [0.1, 0.15) is 36.7 Å². The summed E-state index contributed by atoms with van der Waals surface area (Å²) in [6.45, 7) is 4.96. The molecular weight excluding hydrogens is 253 g/mol. The second kappa shape index (κ2) is 7.10. The molecule has 106 valence electrons. The number of nitrogens with one attached hydrogen (secondary N) is 1. The lowest BCUT2D eigenvalue weighted by Gasteiger charge is -2.17. The highest BCUT2D eigenvalue weighted by Crippen LogP contribution is 2.17. The van der Waals surface area contributed by atoms with E-state index in [9.17, 15) is 4.39 Å². The maximum Gasteiger partial charge on any atom is 0.141 e. The summed E-state index contributed by atoms with van der Waals surface area (Å²) in [5.41, 5.74) is 3.08. The number of likely N-dealkylation sites (N-methyl/N-ethyl adjacent to an activating group) is 1. The number of halogens is 1. The molecule has 1 atom stereocenters. The molecule has 3 nitrogen and oxygen atoms in total. The largest absolute Gasteiger partial charge is 0.310 e. The van der Waals surface area contributed by atoms with Gasteiger partial charge in [-0.2, -0.15) is 0 Å². The zero-order valence-corrected chi connectivity index (χ0v) is 11.9. The quantitative estimate of drug-likeness (QED) is 0.879. The number of nitrogens with zero attached hydrogens (tertiary/aromatic N) is 2. The van der Waals surface area contributed by atoms with Crippen LogP contribution in [-0.2, 0) is 12.8 Å². The topological polar surface area (TPSA) is 37.8 Å². The third-order valence-corrected chi connectivity index (χ3v) is 3.29. The smallest absolute Gasteiger partial charge is 0.141 e. The van der Waals surface area contributed by atoms with Crippen LogP contribution in [0.5, 0.6) is 0 Å². The highest BCUT2D eigenvalue weighted by molar-refractivity contribution is 5.20. The molecular formula is C16H20FN3. The van der Waals surface area contributed by atoms with Crippen LogP contribution in [0.3, 0.4) is 0 Å². The minimum atomic E-state index is -0.306. The van der Waals surface area contributed by atoms with Gasteiger partial charge in [-0.05, 0) is 36.2 Å². The molecule has 2 aromatic heterocycles. The molecule has 0 bridgehead atoms. The van der Waals surface area contributed by atoms with Gasteiger partial charge in [0, 0.05) is 30.6 Å². The Labute approximate surface area is 119 Å². The molecule has 4 heteroatoms. The van der Waals surface area contributed by atoms with Gasteiger partial charge in [-0.3, -0.25) is 9.97 Å². The Morgan fingerprint density at radius 2 is 2.05 bits per heavy atom. The number of aryl methyl sites for hydroxylation is 1. The van der Waals surface area contributed by atoms with Gasteiger partial charge in [-0.25, -0.2) is 4.39 Å². The van der Waals surface area contributed by atoms with Crippen LogP contribution in [0.15, 0.2) is 36.8 Å².